The van der Waals surface area contributed by atoms with E-state index in [1.807, 2.05) is 36.4 Å². The number of benzene rings is 1. The summed E-state index contributed by atoms with van der Waals surface area (Å²) in [5.41, 5.74) is 2.73. The molecule has 1 N–H and O–H groups in total. The van der Waals surface area contributed by atoms with Gasteiger partial charge in [0, 0.05) is 19.6 Å². The van der Waals surface area contributed by atoms with Crippen LogP contribution < -0.4 is 0 Å². The lowest BCUT2D eigenvalue weighted by Crippen LogP contribution is -2.32. The molecular weight excluding hydrogens is 290 g/mol. The second-order valence-corrected chi connectivity index (χ2v) is 6.75. The number of H-pyrrole nitrogens is 1. The number of hydrogen-bond acceptors (Lipinski definition) is 3. The quantitative estimate of drug-likeness (QED) is 0.922. The number of nitrogens with zero attached hydrogens (tertiary/aromatic N) is 2. The van der Waals surface area contributed by atoms with Gasteiger partial charge in [-0.1, -0.05) is 51.1 Å². The summed E-state index contributed by atoms with van der Waals surface area (Å²) in [7, 11) is 3.33. The Morgan fingerprint density at radius 1 is 1.30 bits per heavy atom. The minimum absolute atomic E-state index is 0.0174. The van der Waals surface area contributed by atoms with Crippen molar-refractivity contribution in [1.29, 1.82) is 0 Å². The van der Waals surface area contributed by atoms with Crippen LogP contribution in [-0.4, -0.2) is 35.2 Å². The molecule has 124 valence electrons. The van der Waals surface area contributed by atoms with Crippen molar-refractivity contribution in [3.05, 3.63) is 53.3 Å². The molecule has 2 rings (SSSR count). The maximum Gasteiger partial charge on any atom is 0.256 e. The molecule has 5 nitrogen and oxygen atoms in total. The fraction of sp³-hybridized carbons (Fsp3) is 0.444. The molecule has 0 fully saturated rings. The van der Waals surface area contributed by atoms with E-state index in [-0.39, 0.29) is 11.3 Å². The Kier molecular flexibility index (Phi) is 5.21. The van der Waals surface area contributed by atoms with Crippen LogP contribution in [-0.2, 0) is 21.5 Å². The number of likely N-dealkylation sites (N-methyl/N-ethyl adjacent to an activating group) is 1. The highest BCUT2D eigenvalue weighted by molar-refractivity contribution is 5.82. The first-order chi connectivity index (χ1) is 10.8. The SMILES string of the molecule is COC(C(=O)N(C)Cc1cc(C(C)(C)C)n[nH]1)c1ccccc1. The van der Waals surface area contributed by atoms with E-state index in [0.717, 1.165) is 17.0 Å². The summed E-state index contributed by atoms with van der Waals surface area (Å²) < 4.78 is 5.40. The third-order valence-corrected chi connectivity index (χ3v) is 3.75. The number of methoxy groups -OCH3 is 1. The molecule has 0 aliphatic rings. The van der Waals surface area contributed by atoms with Crippen molar-refractivity contribution in [2.45, 2.75) is 38.8 Å². The van der Waals surface area contributed by atoms with Crippen LogP contribution in [0, 0.1) is 0 Å². The number of aromatic amines is 1. The summed E-state index contributed by atoms with van der Waals surface area (Å²) in [5.74, 6) is -0.0781. The lowest BCUT2D eigenvalue weighted by molar-refractivity contribution is -0.141. The van der Waals surface area contributed by atoms with Crippen molar-refractivity contribution in [2.75, 3.05) is 14.2 Å². The molecule has 1 aromatic heterocycles. The van der Waals surface area contributed by atoms with Gasteiger partial charge in [0.1, 0.15) is 0 Å². The topological polar surface area (TPSA) is 58.2 Å². The van der Waals surface area contributed by atoms with Crippen LogP contribution in [0.25, 0.3) is 0 Å². The van der Waals surface area contributed by atoms with Gasteiger partial charge in [0.05, 0.1) is 17.9 Å². The summed E-state index contributed by atoms with van der Waals surface area (Å²) in [6.07, 6.45) is -0.591. The van der Waals surface area contributed by atoms with Crippen molar-refractivity contribution < 1.29 is 9.53 Å². The van der Waals surface area contributed by atoms with Crippen LogP contribution in [0.1, 0.15) is 43.8 Å². The third kappa shape index (κ3) is 4.20. The Morgan fingerprint density at radius 3 is 2.48 bits per heavy atom. The zero-order chi connectivity index (χ0) is 17.0. The second kappa shape index (κ2) is 6.96. The Bertz CT molecular complexity index is 644. The standard InChI is InChI=1S/C18H25N3O2/c1-18(2,3)15-11-14(19-20-15)12-21(4)17(22)16(23-5)13-9-7-6-8-10-13/h6-11,16H,12H2,1-5H3,(H,19,20). The summed E-state index contributed by atoms with van der Waals surface area (Å²) in [6, 6.07) is 11.5. The summed E-state index contributed by atoms with van der Waals surface area (Å²) in [4.78, 5) is 14.3. The second-order valence-electron chi connectivity index (χ2n) is 6.75. The van der Waals surface area contributed by atoms with Crippen molar-refractivity contribution in [3.63, 3.8) is 0 Å². The molecule has 23 heavy (non-hydrogen) atoms. The first-order valence-corrected chi connectivity index (χ1v) is 7.70. The molecule has 1 unspecified atom stereocenters. The molecule has 0 aliphatic heterocycles. The van der Waals surface area contributed by atoms with Gasteiger partial charge in [0.2, 0.25) is 0 Å². The third-order valence-electron chi connectivity index (χ3n) is 3.75. The minimum atomic E-state index is -0.591. The van der Waals surface area contributed by atoms with Gasteiger partial charge < -0.3 is 9.64 Å². The highest BCUT2D eigenvalue weighted by Crippen LogP contribution is 2.22. The molecule has 2 aromatic rings. The van der Waals surface area contributed by atoms with E-state index < -0.39 is 6.10 Å². The summed E-state index contributed by atoms with van der Waals surface area (Å²) in [5, 5.41) is 7.34. The van der Waals surface area contributed by atoms with Gasteiger partial charge in [-0.3, -0.25) is 9.89 Å². The molecular formula is C18H25N3O2. The smallest absolute Gasteiger partial charge is 0.256 e. The number of nitrogens with one attached hydrogen (secondary N) is 1. The van der Waals surface area contributed by atoms with E-state index in [1.165, 1.54) is 0 Å². The average molecular weight is 315 g/mol. The van der Waals surface area contributed by atoms with E-state index in [2.05, 4.69) is 31.0 Å². The number of ether oxygens (including phenoxy) is 1. The van der Waals surface area contributed by atoms with Crippen molar-refractivity contribution in [2.24, 2.45) is 0 Å². The number of rotatable bonds is 5. The molecule has 0 saturated carbocycles. The largest absolute Gasteiger partial charge is 0.367 e. The highest BCUT2D eigenvalue weighted by Gasteiger charge is 2.24. The summed E-state index contributed by atoms with van der Waals surface area (Å²) in [6.45, 7) is 6.79. The Hall–Kier alpha value is -2.14. The van der Waals surface area contributed by atoms with E-state index >= 15 is 0 Å². The van der Waals surface area contributed by atoms with Crippen molar-refractivity contribution in [1.82, 2.24) is 15.1 Å². The molecule has 0 bridgehead atoms. The molecule has 0 radical (unpaired) electrons. The van der Waals surface area contributed by atoms with Gasteiger partial charge in [0.25, 0.3) is 5.91 Å². The highest BCUT2D eigenvalue weighted by atomic mass is 16.5. The molecule has 1 amide bonds. The Balaban J connectivity index is 2.09. The van der Waals surface area contributed by atoms with Gasteiger partial charge in [-0.15, -0.1) is 0 Å². The minimum Gasteiger partial charge on any atom is -0.367 e. The van der Waals surface area contributed by atoms with Crippen LogP contribution >= 0.6 is 0 Å². The lowest BCUT2D eigenvalue weighted by atomic mass is 9.92. The van der Waals surface area contributed by atoms with Crippen LogP contribution in [0.15, 0.2) is 36.4 Å². The molecule has 1 atom stereocenters. The molecule has 0 aliphatic carbocycles. The van der Waals surface area contributed by atoms with E-state index in [0.29, 0.717) is 6.54 Å². The van der Waals surface area contributed by atoms with Gasteiger partial charge in [-0.25, -0.2) is 0 Å². The fourth-order valence-corrected chi connectivity index (χ4v) is 2.37. The van der Waals surface area contributed by atoms with E-state index in [9.17, 15) is 4.79 Å². The van der Waals surface area contributed by atoms with Gasteiger partial charge in [-0.2, -0.15) is 5.10 Å². The number of carbonyl (C=O) groups is 1. The zero-order valence-electron chi connectivity index (χ0n) is 14.5. The molecule has 0 saturated heterocycles. The van der Waals surface area contributed by atoms with Crippen molar-refractivity contribution in [3.8, 4) is 0 Å². The maximum atomic E-state index is 12.6. The van der Waals surface area contributed by atoms with Gasteiger partial charge >= 0.3 is 0 Å². The number of hydrogen-bond donors (Lipinski definition) is 1. The normalized spacial score (nSPS) is 12.9. The molecule has 0 spiro atoms. The van der Waals surface area contributed by atoms with Gasteiger partial charge in [-0.05, 0) is 11.6 Å². The van der Waals surface area contributed by atoms with Crippen LogP contribution in [0.3, 0.4) is 0 Å². The summed E-state index contributed by atoms with van der Waals surface area (Å²) >= 11 is 0. The van der Waals surface area contributed by atoms with Gasteiger partial charge in [0.15, 0.2) is 6.10 Å². The van der Waals surface area contributed by atoms with Crippen LogP contribution in [0.5, 0.6) is 0 Å². The molecule has 5 heteroatoms. The first-order valence-electron chi connectivity index (χ1n) is 7.70. The zero-order valence-corrected chi connectivity index (χ0v) is 14.5. The van der Waals surface area contributed by atoms with E-state index in [1.54, 1.807) is 19.1 Å². The number of aromatic nitrogens is 2. The maximum absolute atomic E-state index is 12.6. The van der Waals surface area contributed by atoms with Crippen LogP contribution in [0.4, 0.5) is 0 Å². The molecule has 1 aromatic carbocycles. The first kappa shape index (κ1) is 17.2. The number of amides is 1. The molecule has 1 heterocycles. The fourth-order valence-electron chi connectivity index (χ4n) is 2.37. The van der Waals surface area contributed by atoms with Crippen LogP contribution in [0.2, 0.25) is 0 Å². The number of carbonyl (C=O) groups excluding carboxylic acids is 1. The Labute approximate surface area is 137 Å². The predicted molar refractivity (Wildman–Crippen MR) is 90.0 cm³/mol. The average Bonchev–Trinajstić information content (AvgIpc) is 2.97. The Morgan fingerprint density at radius 2 is 1.96 bits per heavy atom. The van der Waals surface area contributed by atoms with Crippen molar-refractivity contribution >= 4 is 5.91 Å². The lowest BCUT2D eigenvalue weighted by Gasteiger charge is -2.22. The monoisotopic (exact) mass is 315 g/mol. The van der Waals surface area contributed by atoms with E-state index in [4.69, 9.17) is 4.74 Å². The predicted octanol–water partition coefficient (Wildman–Crippen LogP) is 3.05.